The van der Waals surface area contributed by atoms with Crippen molar-refractivity contribution < 1.29 is 14.6 Å². The maximum atomic E-state index is 12.2. The van der Waals surface area contributed by atoms with E-state index in [1.54, 1.807) is 0 Å². The number of nitrogens with zero attached hydrogens (tertiary/aromatic N) is 1. The summed E-state index contributed by atoms with van der Waals surface area (Å²) in [7, 11) is 0. The minimum atomic E-state index is 0.0342. The molecule has 0 radical (unpaired) electrons. The maximum Gasteiger partial charge on any atom is 0.238 e. The molecule has 0 aliphatic carbocycles. The zero-order valence-corrected chi connectivity index (χ0v) is 14.8. The average molecular weight is 334 g/mol. The summed E-state index contributed by atoms with van der Waals surface area (Å²) in [6, 6.07) is 8.06. The summed E-state index contributed by atoms with van der Waals surface area (Å²) in [6.45, 7) is 7.29. The summed E-state index contributed by atoms with van der Waals surface area (Å²) in [5, 5.41) is 11.7. The van der Waals surface area contributed by atoms with Crippen molar-refractivity contribution in [1.29, 1.82) is 0 Å². The molecule has 1 fully saturated rings. The van der Waals surface area contributed by atoms with E-state index in [-0.39, 0.29) is 18.6 Å². The normalized spacial score (nSPS) is 16.5. The van der Waals surface area contributed by atoms with Gasteiger partial charge in [0.05, 0.1) is 12.6 Å². The number of piperidine rings is 1. The number of benzene rings is 1. The molecule has 5 nitrogen and oxygen atoms in total. The molecule has 1 aliphatic rings. The summed E-state index contributed by atoms with van der Waals surface area (Å²) in [6.07, 6.45) is 2.85. The van der Waals surface area contributed by atoms with Gasteiger partial charge in [-0.2, -0.15) is 0 Å². The van der Waals surface area contributed by atoms with Gasteiger partial charge in [-0.1, -0.05) is 26.0 Å². The Hall–Kier alpha value is -1.43. The van der Waals surface area contributed by atoms with Gasteiger partial charge >= 0.3 is 0 Å². The Bertz CT molecular complexity index is 494. The molecule has 1 aromatic rings. The lowest BCUT2D eigenvalue weighted by molar-refractivity contribution is -0.118. The van der Waals surface area contributed by atoms with Crippen LogP contribution < -0.4 is 5.32 Å². The molecule has 5 heteroatoms. The Labute approximate surface area is 145 Å². The van der Waals surface area contributed by atoms with E-state index < -0.39 is 0 Å². The molecule has 0 saturated carbocycles. The number of carbonyl (C=O) groups excluding carboxylic acids is 1. The standard InChI is InChI=1S/C19H30N2O3/c1-15(2)16-4-6-17(7-5-16)20-19(23)14-21-10-8-18(9-11-21)24-13-3-12-22/h4-7,15,18,22H,3,8-14H2,1-2H3,(H,20,23). The quantitative estimate of drug-likeness (QED) is 0.718. The Morgan fingerprint density at radius 1 is 1.29 bits per heavy atom. The van der Waals surface area contributed by atoms with Crippen molar-refractivity contribution in [2.24, 2.45) is 0 Å². The predicted molar refractivity (Wildman–Crippen MR) is 96.3 cm³/mol. The summed E-state index contributed by atoms with van der Waals surface area (Å²) < 4.78 is 5.72. The molecule has 0 bridgehead atoms. The van der Waals surface area contributed by atoms with Crippen LogP contribution in [0.5, 0.6) is 0 Å². The second-order valence-corrected chi connectivity index (χ2v) is 6.75. The van der Waals surface area contributed by atoms with Gasteiger partial charge in [-0.15, -0.1) is 0 Å². The second-order valence-electron chi connectivity index (χ2n) is 6.75. The van der Waals surface area contributed by atoms with Gasteiger partial charge in [0, 0.05) is 32.0 Å². The van der Waals surface area contributed by atoms with Crippen molar-refractivity contribution in [3.8, 4) is 0 Å². The number of carbonyl (C=O) groups is 1. The molecule has 0 spiro atoms. The minimum Gasteiger partial charge on any atom is -0.396 e. The first-order chi connectivity index (χ1) is 11.6. The minimum absolute atomic E-state index is 0.0342. The second kappa shape index (κ2) is 9.77. The monoisotopic (exact) mass is 334 g/mol. The molecule has 24 heavy (non-hydrogen) atoms. The van der Waals surface area contributed by atoms with Crippen LogP contribution in [0.3, 0.4) is 0 Å². The van der Waals surface area contributed by atoms with Crippen molar-refractivity contribution in [1.82, 2.24) is 4.90 Å². The third-order valence-electron chi connectivity index (χ3n) is 4.42. The summed E-state index contributed by atoms with van der Waals surface area (Å²) in [5.74, 6) is 0.530. The van der Waals surface area contributed by atoms with Crippen LogP contribution in [0.25, 0.3) is 0 Å². The Kier molecular flexibility index (Phi) is 7.69. The van der Waals surface area contributed by atoms with Gasteiger partial charge in [0.15, 0.2) is 0 Å². The van der Waals surface area contributed by atoms with Crippen LogP contribution in [0, 0.1) is 0 Å². The number of nitrogens with one attached hydrogen (secondary N) is 1. The Morgan fingerprint density at radius 2 is 1.96 bits per heavy atom. The van der Waals surface area contributed by atoms with E-state index in [2.05, 4.69) is 36.2 Å². The van der Waals surface area contributed by atoms with E-state index in [0.717, 1.165) is 31.6 Å². The van der Waals surface area contributed by atoms with E-state index >= 15 is 0 Å². The molecule has 0 atom stereocenters. The van der Waals surface area contributed by atoms with E-state index in [1.165, 1.54) is 5.56 Å². The zero-order valence-electron chi connectivity index (χ0n) is 14.8. The number of ether oxygens (including phenoxy) is 1. The largest absolute Gasteiger partial charge is 0.396 e. The predicted octanol–water partition coefficient (Wildman–Crippen LogP) is 2.61. The average Bonchev–Trinajstić information content (AvgIpc) is 2.57. The fourth-order valence-corrected chi connectivity index (χ4v) is 2.90. The zero-order chi connectivity index (χ0) is 17.4. The van der Waals surface area contributed by atoms with Crippen LogP contribution >= 0.6 is 0 Å². The number of aliphatic hydroxyl groups excluding tert-OH is 1. The first kappa shape index (κ1) is 18.9. The number of anilines is 1. The number of hydrogen-bond acceptors (Lipinski definition) is 4. The summed E-state index contributed by atoms with van der Waals surface area (Å²) >= 11 is 0. The van der Waals surface area contributed by atoms with Gasteiger partial charge < -0.3 is 15.2 Å². The maximum absolute atomic E-state index is 12.2. The van der Waals surface area contributed by atoms with E-state index in [9.17, 15) is 4.79 Å². The van der Waals surface area contributed by atoms with E-state index in [0.29, 0.717) is 25.5 Å². The SMILES string of the molecule is CC(C)c1ccc(NC(=O)CN2CCC(OCCCO)CC2)cc1. The molecule has 1 aliphatic heterocycles. The van der Waals surface area contributed by atoms with Gasteiger partial charge in [-0.05, 0) is 42.9 Å². The first-order valence-electron chi connectivity index (χ1n) is 8.93. The Morgan fingerprint density at radius 3 is 2.54 bits per heavy atom. The third kappa shape index (κ3) is 6.23. The number of hydrogen-bond donors (Lipinski definition) is 2. The summed E-state index contributed by atoms with van der Waals surface area (Å²) in [4.78, 5) is 14.4. The molecule has 1 aromatic carbocycles. The highest BCUT2D eigenvalue weighted by molar-refractivity contribution is 5.92. The van der Waals surface area contributed by atoms with Crippen molar-refractivity contribution >= 4 is 11.6 Å². The highest BCUT2D eigenvalue weighted by atomic mass is 16.5. The van der Waals surface area contributed by atoms with Gasteiger partial charge in [0.25, 0.3) is 0 Å². The van der Waals surface area contributed by atoms with Gasteiger partial charge in [0.2, 0.25) is 5.91 Å². The lowest BCUT2D eigenvalue weighted by Gasteiger charge is -2.31. The number of amides is 1. The first-order valence-corrected chi connectivity index (χ1v) is 8.93. The summed E-state index contributed by atoms with van der Waals surface area (Å²) in [5.41, 5.74) is 2.13. The van der Waals surface area contributed by atoms with Crippen LogP contribution in [-0.4, -0.2) is 54.9 Å². The lowest BCUT2D eigenvalue weighted by Crippen LogP contribution is -2.41. The van der Waals surface area contributed by atoms with Crippen molar-refractivity contribution in [3.05, 3.63) is 29.8 Å². The van der Waals surface area contributed by atoms with Crippen molar-refractivity contribution in [2.45, 2.75) is 45.1 Å². The smallest absolute Gasteiger partial charge is 0.238 e. The molecule has 0 unspecified atom stereocenters. The van der Waals surface area contributed by atoms with Crippen LogP contribution in [0.4, 0.5) is 5.69 Å². The number of likely N-dealkylation sites (tertiary alicyclic amines) is 1. The highest BCUT2D eigenvalue weighted by Gasteiger charge is 2.21. The van der Waals surface area contributed by atoms with Gasteiger partial charge in [-0.3, -0.25) is 9.69 Å². The third-order valence-corrected chi connectivity index (χ3v) is 4.42. The lowest BCUT2D eigenvalue weighted by atomic mass is 10.0. The molecule has 1 amide bonds. The molecule has 2 rings (SSSR count). The molecule has 2 N–H and O–H groups in total. The van der Waals surface area contributed by atoms with Crippen LogP contribution in [-0.2, 0) is 9.53 Å². The topological polar surface area (TPSA) is 61.8 Å². The Balaban J connectivity index is 1.69. The molecule has 0 aromatic heterocycles. The van der Waals surface area contributed by atoms with E-state index in [1.807, 2.05) is 12.1 Å². The van der Waals surface area contributed by atoms with Crippen LogP contribution in [0.1, 0.15) is 44.6 Å². The van der Waals surface area contributed by atoms with Crippen molar-refractivity contribution in [3.63, 3.8) is 0 Å². The molecular weight excluding hydrogens is 304 g/mol. The molecule has 134 valence electrons. The molecular formula is C19H30N2O3. The van der Waals surface area contributed by atoms with Crippen LogP contribution in [0.2, 0.25) is 0 Å². The fourth-order valence-electron chi connectivity index (χ4n) is 2.90. The number of aliphatic hydroxyl groups is 1. The van der Waals surface area contributed by atoms with Crippen LogP contribution in [0.15, 0.2) is 24.3 Å². The van der Waals surface area contributed by atoms with Gasteiger partial charge in [0.1, 0.15) is 0 Å². The highest BCUT2D eigenvalue weighted by Crippen LogP contribution is 2.17. The molecule has 1 saturated heterocycles. The molecule has 1 heterocycles. The van der Waals surface area contributed by atoms with E-state index in [4.69, 9.17) is 9.84 Å². The van der Waals surface area contributed by atoms with Crippen molar-refractivity contribution in [2.75, 3.05) is 38.2 Å². The number of rotatable bonds is 8. The fraction of sp³-hybridized carbons (Fsp3) is 0.632. The van der Waals surface area contributed by atoms with Gasteiger partial charge in [-0.25, -0.2) is 0 Å².